The maximum atomic E-state index is 12.6. The minimum atomic E-state index is -0.0801. The van der Waals surface area contributed by atoms with Gasteiger partial charge < -0.3 is 18.9 Å². The van der Waals surface area contributed by atoms with Crippen LogP contribution in [0, 0.1) is 0 Å². The van der Waals surface area contributed by atoms with Crippen LogP contribution >= 0.6 is 11.8 Å². The highest BCUT2D eigenvalue weighted by molar-refractivity contribution is 7.98. The van der Waals surface area contributed by atoms with Crippen LogP contribution in [0.3, 0.4) is 0 Å². The lowest BCUT2D eigenvalue weighted by Gasteiger charge is -2.17. The van der Waals surface area contributed by atoms with Crippen molar-refractivity contribution in [2.75, 3.05) is 32.6 Å². The minimum Gasteiger partial charge on any atom is -0.490 e. The summed E-state index contributed by atoms with van der Waals surface area (Å²) in [6.45, 7) is 6.28. The molecule has 33 heavy (non-hydrogen) atoms. The van der Waals surface area contributed by atoms with Gasteiger partial charge in [0.05, 0.1) is 19.1 Å². The number of hydrogen-bond donors (Lipinski definition) is 0. The number of carbonyl (C=O) groups excluding carboxylic acids is 1. The second-order valence-corrected chi connectivity index (χ2v) is 8.70. The minimum absolute atomic E-state index is 0.0801. The second-order valence-electron chi connectivity index (χ2n) is 7.82. The number of thioether (sulfide) groups is 1. The summed E-state index contributed by atoms with van der Waals surface area (Å²) in [5.74, 6) is 2.60. The monoisotopic (exact) mass is 467 g/mol. The third kappa shape index (κ3) is 5.50. The Balaban J connectivity index is 1.38. The van der Waals surface area contributed by atoms with Crippen molar-refractivity contribution in [2.24, 2.45) is 0 Å². The maximum absolute atomic E-state index is 12.6. The Bertz CT molecular complexity index is 1080. The van der Waals surface area contributed by atoms with Gasteiger partial charge in [-0.3, -0.25) is 4.79 Å². The molecule has 2 heterocycles. The van der Waals surface area contributed by atoms with Crippen LogP contribution in [-0.2, 0) is 11.2 Å². The first-order valence-electron chi connectivity index (χ1n) is 11.3. The molecule has 1 fully saturated rings. The molecule has 0 N–H and O–H groups in total. The van der Waals surface area contributed by atoms with Crippen LogP contribution in [0.25, 0.3) is 11.4 Å². The van der Waals surface area contributed by atoms with E-state index in [1.807, 2.05) is 67.5 Å². The van der Waals surface area contributed by atoms with Gasteiger partial charge in [0.2, 0.25) is 17.6 Å². The van der Waals surface area contributed by atoms with E-state index >= 15 is 0 Å². The highest BCUT2D eigenvalue weighted by Gasteiger charge is 2.34. The summed E-state index contributed by atoms with van der Waals surface area (Å²) in [6, 6.07) is 14.0. The number of rotatable bonds is 10. The number of likely N-dealkylation sites (tertiary alicyclic amines) is 1. The van der Waals surface area contributed by atoms with Crippen LogP contribution in [0.1, 0.15) is 37.6 Å². The van der Waals surface area contributed by atoms with Crippen molar-refractivity contribution in [1.29, 1.82) is 0 Å². The standard InChI is InChI=1S/C25H29N3O4S/c1-4-30-21-11-6-17(14-22(21)31-5-2)12-13-28-16-19(15-23(28)29)25-26-24(27-32-25)18-7-9-20(33-3)10-8-18/h6-11,14,19H,4-5,12-13,15-16H2,1-3H3. The van der Waals surface area contributed by atoms with Crippen LogP contribution in [0.2, 0.25) is 0 Å². The Morgan fingerprint density at radius 1 is 1.09 bits per heavy atom. The van der Waals surface area contributed by atoms with Crippen LogP contribution < -0.4 is 9.47 Å². The lowest BCUT2D eigenvalue weighted by molar-refractivity contribution is -0.127. The zero-order valence-corrected chi connectivity index (χ0v) is 20.1. The van der Waals surface area contributed by atoms with Crippen molar-refractivity contribution in [1.82, 2.24) is 15.0 Å². The van der Waals surface area contributed by atoms with Crippen molar-refractivity contribution in [3.8, 4) is 22.9 Å². The van der Waals surface area contributed by atoms with Gasteiger partial charge in [-0.05, 0) is 68.5 Å². The van der Waals surface area contributed by atoms with E-state index in [2.05, 4.69) is 10.1 Å². The zero-order valence-electron chi connectivity index (χ0n) is 19.2. The molecule has 1 aromatic heterocycles. The molecular weight excluding hydrogens is 438 g/mol. The van der Waals surface area contributed by atoms with E-state index in [9.17, 15) is 4.79 Å². The molecule has 0 aliphatic carbocycles. The third-order valence-corrected chi connectivity index (χ3v) is 6.38. The summed E-state index contributed by atoms with van der Waals surface area (Å²) >= 11 is 1.69. The Morgan fingerprint density at radius 3 is 2.58 bits per heavy atom. The van der Waals surface area contributed by atoms with Crippen LogP contribution in [0.5, 0.6) is 11.5 Å². The van der Waals surface area contributed by atoms with Gasteiger partial charge in [0.15, 0.2) is 11.5 Å². The summed E-state index contributed by atoms with van der Waals surface area (Å²) in [5, 5.41) is 4.13. The van der Waals surface area contributed by atoms with Crippen molar-refractivity contribution in [3.05, 3.63) is 53.9 Å². The smallest absolute Gasteiger partial charge is 0.232 e. The summed E-state index contributed by atoms with van der Waals surface area (Å²) in [6.07, 6.45) is 3.17. The van der Waals surface area contributed by atoms with Crippen molar-refractivity contribution in [2.45, 2.75) is 37.5 Å². The third-order valence-electron chi connectivity index (χ3n) is 5.63. The molecule has 1 aliphatic rings. The first-order chi connectivity index (χ1) is 16.1. The topological polar surface area (TPSA) is 77.7 Å². The molecule has 0 radical (unpaired) electrons. The summed E-state index contributed by atoms with van der Waals surface area (Å²) in [4.78, 5) is 20.2. The molecule has 174 valence electrons. The van der Waals surface area contributed by atoms with E-state index in [0.29, 0.717) is 44.4 Å². The van der Waals surface area contributed by atoms with Crippen LogP contribution in [-0.4, -0.2) is 53.5 Å². The number of hydrogen-bond acceptors (Lipinski definition) is 7. The van der Waals surface area contributed by atoms with Gasteiger partial charge in [-0.2, -0.15) is 4.98 Å². The average molecular weight is 468 g/mol. The molecule has 1 atom stereocenters. The molecule has 3 aromatic rings. The summed E-state index contributed by atoms with van der Waals surface area (Å²) in [5.41, 5.74) is 2.01. The van der Waals surface area contributed by atoms with E-state index in [4.69, 9.17) is 14.0 Å². The maximum Gasteiger partial charge on any atom is 0.232 e. The first kappa shape index (κ1) is 23.2. The van der Waals surface area contributed by atoms with Gasteiger partial charge in [-0.1, -0.05) is 11.2 Å². The fourth-order valence-corrected chi connectivity index (χ4v) is 4.34. The first-order valence-corrected chi connectivity index (χ1v) is 12.5. The molecular formula is C25H29N3O4S. The molecule has 1 saturated heterocycles. The number of carbonyl (C=O) groups is 1. The number of nitrogens with zero attached hydrogens (tertiary/aromatic N) is 3. The van der Waals surface area contributed by atoms with Gasteiger partial charge >= 0.3 is 0 Å². The quantitative estimate of drug-likeness (QED) is 0.396. The number of ether oxygens (including phenoxy) is 2. The Kier molecular flexibility index (Phi) is 7.54. The molecule has 1 amide bonds. The largest absolute Gasteiger partial charge is 0.490 e. The lowest BCUT2D eigenvalue weighted by Crippen LogP contribution is -2.27. The van der Waals surface area contributed by atoms with Gasteiger partial charge in [0.25, 0.3) is 0 Å². The van der Waals surface area contributed by atoms with E-state index in [1.54, 1.807) is 11.8 Å². The predicted octanol–water partition coefficient (Wildman–Crippen LogP) is 4.81. The fourth-order valence-electron chi connectivity index (χ4n) is 3.93. The second kappa shape index (κ2) is 10.7. The van der Waals surface area contributed by atoms with E-state index in [-0.39, 0.29) is 11.8 Å². The van der Waals surface area contributed by atoms with E-state index in [1.165, 1.54) is 4.90 Å². The normalized spacial score (nSPS) is 15.8. The number of amides is 1. The number of benzene rings is 2. The molecule has 4 rings (SSSR count). The Hall–Kier alpha value is -3.00. The number of aromatic nitrogens is 2. The zero-order chi connectivity index (χ0) is 23.2. The van der Waals surface area contributed by atoms with Crippen molar-refractivity contribution in [3.63, 3.8) is 0 Å². The molecule has 1 aliphatic heterocycles. The van der Waals surface area contributed by atoms with Gasteiger partial charge in [-0.15, -0.1) is 11.8 Å². The molecule has 0 saturated carbocycles. The summed E-state index contributed by atoms with van der Waals surface area (Å²) < 4.78 is 16.9. The van der Waals surface area contributed by atoms with Gasteiger partial charge in [0, 0.05) is 30.0 Å². The van der Waals surface area contributed by atoms with E-state index in [0.717, 1.165) is 29.0 Å². The van der Waals surface area contributed by atoms with Crippen LogP contribution in [0.4, 0.5) is 0 Å². The molecule has 1 unspecified atom stereocenters. The van der Waals surface area contributed by atoms with Gasteiger partial charge in [0.1, 0.15) is 0 Å². The Morgan fingerprint density at radius 2 is 1.85 bits per heavy atom. The van der Waals surface area contributed by atoms with E-state index < -0.39 is 0 Å². The molecule has 8 heteroatoms. The summed E-state index contributed by atoms with van der Waals surface area (Å²) in [7, 11) is 0. The molecule has 2 aromatic carbocycles. The van der Waals surface area contributed by atoms with Crippen molar-refractivity contribution >= 4 is 17.7 Å². The fraction of sp³-hybridized carbons (Fsp3) is 0.400. The van der Waals surface area contributed by atoms with Crippen LogP contribution in [0.15, 0.2) is 51.9 Å². The molecule has 7 nitrogen and oxygen atoms in total. The predicted molar refractivity (Wildman–Crippen MR) is 128 cm³/mol. The average Bonchev–Trinajstić information content (AvgIpc) is 3.46. The highest BCUT2D eigenvalue weighted by atomic mass is 32.2. The Labute approximate surface area is 198 Å². The van der Waals surface area contributed by atoms with Gasteiger partial charge in [-0.25, -0.2) is 0 Å². The SMILES string of the molecule is CCOc1ccc(CCN2CC(c3nc(-c4ccc(SC)cc4)no3)CC2=O)cc1OCC. The molecule has 0 bridgehead atoms. The van der Waals surface area contributed by atoms with Crippen molar-refractivity contribution < 1.29 is 18.8 Å². The highest BCUT2D eigenvalue weighted by Crippen LogP contribution is 2.31. The molecule has 0 spiro atoms. The lowest BCUT2D eigenvalue weighted by atomic mass is 10.1.